The first-order valence-electron chi connectivity index (χ1n) is 4.91. The molecule has 1 aromatic carbocycles. The van der Waals surface area contributed by atoms with E-state index in [1.54, 1.807) is 0 Å². The van der Waals surface area contributed by atoms with Gasteiger partial charge < -0.3 is 0 Å². The molecule has 1 fully saturated rings. The van der Waals surface area contributed by atoms with Crippen LogP contribution in [0.5, 0.6) is 0 Å². The topological polar surface area (TPSA) is 17.1 Å². The lowest BCUT2D eigenvalue weighted by molar-refractivity contribution is -0.120. The molecule has 0 bridgehead atoms. The Hall–Kier alpha value is -0.630. The zero-order valence-electron chi connectivity index (χ0n) is 8.16. The van der Waals surface area contributed by atoms with Crippen molar-refractivity contribution in [3.8, 4) is 0 Å². The van der Waals surface area contributed by atoms with Crippen LogP contribution in [-0.2, 0) is 10.2 Å². The monoisotopic (exact) mass is 252 g/mol. The Morgan fingerprint density at radius 2 is 1.93 bits per heavy atom. The molecule has 0 aliphatic heterocycles. The third-order valence-electron chi connectivity index (χ3n) is 2.91. The third-order valence-corrected chi connectivity index (χ3v) is 3.33. The van der Waals surface area contributed by atoms with Crippen molar-refractivity contribution in [1.82, 2.24) is 0 Å². The molecule has 1 aromatic rings. The number of hydrogen-bond acceptors (Lipinski definition) is 1. The van der Waals surface area contributed by atoms with Crippen molar-refractivity contribution in [2.24, 2.45) is 0 Å². The highest BCUT2D eigenvalue weighted by molar-refractivity contribution is 9.10. The lowest BCUT2D eigenvalue weighted by Crippen LogP contribution is -2.26. The molecule has 1 saturated carbocycles. The molecule has 2 heteroatoms. The Balaban J connectivity index is 2.30. The second-order valence-electron chi connectivity index (χ2n) is 3.93. The van der Waals surface area contributed by atoms with Crippen molar-refractivity contribution >= 4 is 21.7 Å². The fraction of sp³-hybridized carbons (Fsp3) is 0.417. The smallest absolute Gasteiger partial charge is 0.156 e. The van der Waals surface area contributed by atoms with E-state index in [-0.39, 0.29) is 10.2 Å². The molecule has 0 amide bonds. The van der Waals surface area contributed by atoms with Crippen LogP contribution in [0.2, 0.25) is 0 Å². The summed E-state index contributed by atoms with van der Waals surface area (Å²) in [6.45, 7) is 1.91. The summed E-state index contributed by atoms with van der Waals surface area (Å²) in [4.78, 5) is 11.9. The molecule has 0 heterocycles. The standard InChI is InChI=1S/C12H13BrO/c1-9(13)11(14)12(7-8-12)10-5-3-2-4-6-10/h2-6,9H,7-8H2,1H3/t9-/m0/s1. The van der Waals surface area contributed by atoms with Crippen LogP contribution in [0, 0.1) is 0 Å². The molecule has 1 atom stereocenters. The summed E-state index contributed by atoms with van der Waals surface area (Å²) in [5.74, 6) is 0.323. The summed E-state index contributed by atoms with van der Waals surface area (Å²) >= 11 is 3.36. The minimum absolute atomic E-state index is 0.0368. The van der Waals surface area contributed by atoms with Crippen LogP contribution in [0.3, 0.4) is 0 Å². The number of Topliss-reactive ketones (excluding diaryl/α,β-unsaturated/α-hetero) is 1. The number of carbonyl (C=O) groups is 1. The molecule has 0 N–H and O–H groups in total. The Labute approximate surface area is 92.6 Å². The van der Waals surface area contributed by atoms with Crippen LogP contribution in [0.15, 0.2) is 30.3 Å². The maximum absolute atomic E-state index is 12.0. The van der Waals surface area contributed by atoms with Gasteiger partial charge in [-0.05, 0) is 25.3 Å². The molecule has 14 heavy (non-hydrogen) atoms. The van der Waals surface area contributed by atoms with Gasteiger partial charge in [0, 0.05) is 0 Å². The fourth-order valence-electron chi connectivity index (χ4n) is 1.94. The van der Waals surface area contributed by atoms with E-state index in [0.717, 1.165) is 12.8 Å². The van der Waals surface area contributed by atoms with Crippen molar-refractivity contribution in [3.05, 3.63) is 35.9 Å². The molecular weight excluding hydrogens is 240 g/mol. The summed E-state index contributed by atoms with van der Waals surface area (Å²) < 4.78 is 0. The van der Waals surface area contributed by atoms with Gasteiger partial charge in [-0.25, -0.2) is 0 Å². The van der Waals surface area contributed by atoms with E-state index in [0.29, 0.717) is 5.78 Å². The maximum atomic E-state index is 12.0. The highest BCUT2D eigenvalue weighted by atomic mass is 79.9. The Morgan fingerprint density at radius 1 is 1.36 bits per heavy atom. The average Bonchev–Trinajstić information content (AvgIpc) is 2.99. The second kappa shape index (κ2) is 3.50. The van der Waals surface area contributed by atoms with Crippen molar-refractivity contribution < 1.29 is 4.79 Å². The quantitative estimate of drug-likeness (QED) is 0.756. The molecule has 0 radical (unpaired) electrons. The number of halogens is 1. The first-order chi connectivity index (χ1) is 6.67. The van der Waals surface area contributed by atoms with E-state index < -0.39 is 0 Å². The lowest BCUT2D eigenvalue weighted by Gasteiger charge is -2.15. The highest BCUT2D eigenvalue weighted by Gasteiger charge is 2.51. The fourth-order valence-corrected chi connectivity index (χ4v) is 2.38. The van der Waals surface area contributed by atoms with Crippen LogP contribution in [0.4, 0.5) is 0 Å². The first-order valence-corrected chi connectivity index (χ1v) is 5.82. The van der Waals surface area contributed by atoms with Gasteiger partial charge in [0.2, 0.25) is 0 Å². The Morgan fingerprint density at radius 3 is 2.36 bits per heavy atom. The van der Waals surface area contributed by atoms with E-state index in [1.807, 2.05) is 25.1 Å². The predicted molar refractivity (Wildman–Crippen MR) is 60.8 cm³/mol. The molecule has 0 spiro atoms. The predicted octanol–water partition coefficient (Wildman–Crippen LogP) is 3.07. The Kier molecular flexibility index (Phi) is 2.48. The molecule has 1 aliphatic rings. The van der Waals surface area contributed by atoms with Gasteiger partial charge in [-0.3, -0.25) is 4.79 Å². The molecule has 0 aromatic heterocycles. The molecule has 2 rings (SSSR count). The zero-order valence-corrected chi connectivity index (χ0v) is 9.75. The molecule has 0 saturated heterocycles. The van der Waals surface area contributed by atoms with Crippen molar-refractivity contribution in [2.45, 2.75) is 30.0 Å². The van der Waals surface area contributed by atoms with Gasteiger partial charge in [0.1, 0.15) is 0 Å². The Bertz CT molecular complexity index is 339. The van der Waals surface area contributed by atoms with Crippen molar-refractivity contribution in [1.29, 1.82) is 0 Å². The average molecular weight is 253 g/mol. The normalized spacial score (nSPS) is 20.1. The first kappa shape index (κ1) is 9.91. The third kappa shape index (κ3) is 1.52. The zero-order chi connectivity index (χ0) is 10.2. The van der Waals surface area contributed by atoms with E-state index in [1.165, 1.54) is 5.56 Å². The SMILES string of the molecule is C[C@H](Br)C(=O)C1(c2ccccc2)CC1. The summed E-state index contributed by atoms with van der Waals surface area (Å²) in [6.07, 6.45) is 2.01. The van der Waals surface area contributed by atoms with Crippen LogP contribution >= 0.6 is 15.9 Å². The van der Waals surface area contributed by atoms with Gasteiger partial charge in [0.15, 0.2) is 5.78 Å². The summed E-state index contributed by atoms with van der Waals surface area (Å²) in [5.41, 5.74) is 1.01. The van der Waals surface area contributed by atoms with Crippen LogP contribution < -0.4 is 0 Å². The van der Waals surface area contributed by atoms with Gasteiger partial charge in [0.05, 0.1) is 10.2 Å². The molecule has 74 valence electrons. The number of carbonyl (C=O) groups excluding carboxylic acids is 1. The van der Waals surface area contributed by atoms with E-state index >= 15 is 0 Å². The lowest BCUT2D eigenvalue weighted by atomic mass is 9.90. The molecule has 1 nitrogen and oxygen atoms in total. The summed E-state index contributed by atoms with van der Waals surface area (Å²) in [6, 6.07) is 10.1. The number of ketones is 1. The largest absolute Gasteiger partial charge is 0.297 e. The van der Waals surface area contributed by atoms with Gasteiger partial charge in [-0.2, -0.15) is 0 Å². The van der Waals surface area contributed by atoms with E-state index in [9.17, 15) is 4.79 Å². The number of hydrogen-bond donors (Lipinski definition) is 0. The number of rotatable bonds is 3. The van der Waals surface area contributed by atoms with Crippen LogP contribution in [0.25, 0.3) is 0 Å². The molecule has 0 unspecified atom stereocenters. The van der Waals surface area contributed by atoms with E-state index in [2.05, 4.69) is 28.1 Å². The van der Waals surface area contributed by atoms with E-state index in [4.69, 9.17) is 0 Å². The number of benzene rings is 1. The molecule has 1 aliphatic carbocycles. The van der Waals surface area contributed by atoms with Crippen molar-refractivity contribution in [2.75, 3.05) is 0 Å². The highest BCUT2D eigenvalue weighted by Crippen LogP contribution is 2.50. The summed E-state index contributed by atoms with van der Waals surface area (Å²) in [7, 11) is 0. The van der Waals surface area contributed by atoms with Gasteiger partial charge in [-0.1, -0.05) is 46.3 Å². The van der Waals surface area contributed by atoms with Gasteiger partial charge >= 0.3 is 0 Å². The minimum atomic E-state index is -0.163. The van der Waals surface area contributed by atoms with Gasteiger partial charge in [0.25, 0.3) is 0 Å². The number of alkyl halides is 1. The summed E-state index contributed by atoms with van der Waals surface area (Å²) in [5, 5.41) is 0. The van der Waals surface area contributed by atoms with Crippen LogP contribution in [0.1, 0.15) is 25.3 Å². The van der Waals surface area contributed by atoms with Crippen LogP contribution in [-0.4, -0.2) is 10.6 Å². The maximum Gasteiger partial charge on any atom is 0.156 e. The molecular formula is C12H13BrO. The minimum Gasteiger partial charge on any atom is -0.297 e. The van der Waals surface area contributed by atoms with Gasteiger partial charge in [-0.15, -0.1) is 0 Å². The second-order valence-corrected chi connectivity index (χ2v) is 5.30. The van der Waals surface area contributed by atoms with Crippen molar-refractivity contribution in [3.63, 3.8) is 0 Å².